The summed E-state index contributed by atoms with van der Waals surface area (Å²) < 4.78 is 5.93. The van der Waals surface area contributed by atoms with Crippen LogP contribution in [-0.4, -0.2) is 0 Å². The van der Waals surface area contributed by atoms with Gasteiger partial charge in [0.2, 0.25) is 0 Å². The van der Waals surface area contributed by atoms with Gasteiger partial charge in [0.1, 0.15) is 17.4 Å². The molecule has 0 bridgehead atoms. The van der Waals surface area contributed by atoms with Gasteiger partial charge in [-0.25, -0.2) is 5.43 Å². The molecule has 0 saturated carbocycles. The number of benzene rings is 2. The second-order valence-corrected chi connectivity index (χ2v) is 5.15. The largest absolute Gasteiger partial charge is 0.459 e. The third-order valence-corrected chi connectivity index (χ3v) is 3.64. The number of aryl methyl sites for hydroxylation is 2. The molecule has 3 heteroatoms. The third kappa shape index (κ3) is 2.22. The van der Waals surface area contributed by atoms with Crippen LogP contribution in [0.15, 0.2) is 52.9 Å². The predicted molar refractivity (Wildman–Crippen MR) is 81.3 cm³/mol. The second kappa shape index (κ2) is 5.12. The monoisotopic (exact) mass is 266 g/mol. The lowest BCUT2D eigenvalue weighted by Crippen LogP contribution is -2.29. The first kappa shape index (κ1) is 12.9. The standard InChI is InChI=1S/C17H18N2O/c1-11-7-8-12(2)14(9-11)17(19-18)16-10-13-5-3-4-6-15(13)20-16/h3-10,17,19H,18H2,1-2H3. The normalized spacial score (nSPS) is 12.8. The molecule has 0 saturated heterocycles. The number of rotatable bonds is 3. The number of furan rings is 1. The minimum absolute atomic E-state index is 0.137. The number of hydrazine groups is 1. The maximum absolute atomic E-state index is 5.93. The highest BCUT2D eigenvalue weighted by atomic mass is 16.3. The molecule has 3 aromatic rings. The number of fused-ring (bicyclic) bond motifs is 1. The van der Waals surface area contributed by atoms with Crippen molar-refractivity contribution in [1.29, 1.82) is 0 Å². The molecule has 0 aliphatic carbocycles. The Labute approximate surface area is 118 Å². The number of hydrogen-bond donors (Lipinski definition) is 2. The van der Waals surface area contributed by atoms with E-state index in [4.69, 9.17) is 10.3 Å². The van der Waals surface area contributed by atoms with E-state index in [1.165, 1.54) is 11.1 Å². The van der Waals surface area contributed by atoms with Crippen molar-refractivity contribution in [1.82, 2.24) is 5.43 Å². The number of nitrogens with two attached hydrogens (primary N) is 1. The lowest BCUT2D eigenvalue weighted by atomic mass is 9.97. The Morgan fingerprint density at radius 1 is 1.05 bits per heavy atom. The van der Waals surface area contributed by atoms with Crippen LogP contribution in [0.1, 0.15) is 28.5 Å². The summed E-state index contributed by atoms with van der Waals surface area (Å²) in [5, 5.41) is 1.09. The van der Waals surface area contributed by atoms with E-state index in [1.54, 1.807) is 0 Å². The van der Waals surface area contributed by atoms with Gasteiger partial charge in [0.25, 0.3) is 0 Å². The molecular formula is C17H18N2O. The number of nitrogens with one attached hydrogen (secondary N) is 1. The van der Waals surface area contributed by atoms with Crippen LogP contribution in [0.2, 0.25) is 0 Å². The minimum Gasteiger partial charge on any atom is -0.459 e. The summed E-state index contributed by atoms with van der Waals surface area (Å²) in [4.78, 5) is 0. The zero-order chi connectivity index (χ0) is 14.1. The average Bonchev–Trinajstić information content (AvgIpc) is 2.87. The molecule has 3 nitrogen and oxygen atoms in total. The Morgan fingerprint density at radius 2 is 1.85 bits per heavy atom. The Bertz CT molecular complexity index is 713. The van der Waals surface area contributed by atoms with Crippen LogP contribution in [0, 0.1) is 13.8 Å². The van der Waals surface area contributed by atoms with Gasteiger partial charge in [-0.05, 0) is 37.1 Å². The Kier molecular flexibility index (Phi) is 3.30. The van der Waals surface area contributed by atoms with Crippen molar-refractivity contribution in [3.05, 3.63) is 71.0 Å². The Hall–Kier alpha value is -2.10. The fraction of sp³-hybridized carbons (Fsp3) is 0.176. The summed E-state index contributed by atoms with van der Waals surface area (Å²) in [5.41, 5.74) is 7.30. The van der Waals surface area contributed by atoms with Crippen LogP contribution in [0.25, 0.3) is 11.0 Å². The van der Waals surface area contributed by atoms with Crippen molar-refractivity contribution in [2.45, 2.75) is 19.9 Å². The third-order valence-electron chi connectivity index (χ3n) is 3.64. The lowest BCUT2D eigenvalue weighted by Gasteiger charge is -2.17. The summed E-state index contributed by atoms with van der Waals surface area (Å²) in [5.74, 6) is 6.60. The van der Waals surface area contributed by atoms with Crippen LogP contribution >= 0.6 is 0 Å². The molecule has 3 rings (SSSR count). The average molecular weight is 266 g/mol. The molecule has 3 N–H and O–H groups in total. The van der Waals surface area contributed by atoms with Crippen molar-refractivity contribution in [3.63, 3.8) is 0 Å². The topological polar surface area (TPSA) is 51.2 Å². The highest BCUT2D eigenvalue weighted by Crippen LogP contribution is 2.29. The molecule has 0 spiro atoms. The molecule has 2 aromatic carbocycles. The van der Waals surface area contributed by atoms with Crippen molar-refractivity contribution in [2.24, 2.45) is 5.84 Å². The quantitative estimate of drug-likeness (QED) is 0.562. The smallest absolute Gasteiger partial charge is 0.134 e. The van der Waals surface area contributed by atoms with Crippen molar-refractivity contribution in [3.8, 4) is 0 Å². The maximum Gasteiger partial charge on any atom is 0.134 e. The molecule has 0 aliphatic rings. The highest BCUT2D eigenvalue weighted by molar-refractivity contribution is 5.78. The molecule has 102 valence electrons. The first-order chi connectivity index (χ1) is 9.69. The summed E-state index contributed by atoms with van der Waals surface area (Å²) in [6.45, 7) is 4.16. The molecule has 0 radical (unpaired) electrons. The van der Waals surface area contributed by atoms with Crippen molar-refractivity contribution < 1.29 is 4.42 Å². The zero-order valence-corrected chi connectivity index (χ0v) is 11.7. The van der Waals surface area contributed by atoms with Gasteiger partial charge in [-0.15, -0.1) is 0 Å². The summed E-state index contributed by atoms with van der Waals surface area (Å²) in [6.07, 6.45) is 0. The van der Waals surface area contributed by atoms with E-state index < -0.39 is 0 Å². The lowest BCUT2D eigenvalue weighted by molar-refractivity contribution is 0.476. The SMILES string of the molecule is Cc1ccc(C)c(C(NN)c2cc3ccccc3o2)c1. The minimum atomic E-state index is -0.137. The first-order valence-electron chi connectivity index (χ1n) is 6.71. The van der Waals surface area contributed by atoms with E-state index >= 15 is 0 Å². The van der Waals surface area contributed by atoms with Gasteiger partial charge in [-0.2, -0.15) is 0 Å². The maximum atomic E-state index is 5.93. The molecule has 0 aliphatic heterocycles. The molecule has 0 amide bonds. The van der Waals surface area contributed by atoms with Crippen molar-refractivity contribution >= 4 is 11.0 Å². The van der Waals surface area contributed by atoms with E-state index in [0.717, 1.165) is 22.3 Å². The van der Waals surface area contributed by atoms with E-state index in [1.807, 2.05) is 30.3 Å². The van der Waals surface area contributed by atoms with E-state index in [-0.39, 0.29) is 6.04 Å². The van der Waals surface area contributed by atoms with E-state index in [0.29, 0.717) is 0 Å². The molecule has 1 atom stereocenters. The molecule has 20 heavy (non-hydrogen) atoms. The van der Waals surface area contributed by atoms with Crippen LogP contribution in [0.4, 0.5) is 0 Å². The first-order valence-corrected chi connectivity index (χ1v) is 6.71. The summed E-state index contributed by atoms with van der Waals surface area (Å²) >= 11 is 0. The van der Waals surface area contributed by atoms with E-state index in [9.17, 15) is 0 Å². The predicted octanol–water partition coefficient (Wildman–Crippen LogP) is 3.60. The van der Waals surface area contributed by atoms with Gasteiger partial charge in [-0.3, -0.25) is 5.84 Å². The fourth-order valence-electron chi connectivity index (χ4n) is 2.54. The van der Waals surface area contributed by atoms with Gasteiger partial charge in [0.15, 0.2) is 0 Å². The number of hydrogen-bond acceptors (Lipinski definition) is 3. The molecule has 1 unspecified atom stereocenters. The molecular weight excluding hydrogens is 248 g/mol. The molecule has 0 fully saturated rings. The van der Waals surface area contributed by atoms with Gasteiger partial charge in [-0.1, -0.05) is 42.0 Å². The Morgan fingerprint density at radius 3 is 2.60 bits per heavy atom. The van der Waals surface area contributed by atoms with Crippen molar-refractivity contribution in [2.75, 3.05) is 0 Å². The van der Waals surface area contributed by atoms with Crippen LogP contribution in [-0.2, 0) is 0 Å². The van der Waals surface area contributed by atoms with Crippen LogP contribution in [0.5, 0.6) is 0 Å². The Balaban J connectivity index is 2.11. The van der Waals surface area contributed by atoms with Crippen LogP contribution in [0.3, 0.4) is 0 Å². The summed E-state index contributed by atoms with van der Waals surface area (Å²) in [6, 6.07) is 16.2. The summed E-state index contributed by atoms with van der Waals surface area (Å²) in [7, 11) is 0. The fourth-order valence-corrected chi connectivity index (χ4v) is 2.54. The van der Waals surface area contributed by atoms with E-state index in [2.05, 4.69) is 37.5 Å². The molecule has 1 aromatic heterocycles. The van der Waals surface area contributed by atoms with Gasteiger partial charge < -0.3 is 4.42 Å². The number of para-hydroxylation sites is 1. The highest BCUT2D eigenvalue weighted by Gasteiger charge is 2.19. The second-order valence-electron chi connectivity index (χ2n) is 5.15. The molecule has 1 heterocycles. The van der Waals surface area contributed by atoms with Crippen LogP contribution < -0.4 is 11.3 Å². The van der Waals surface area contributed by atoms with Gasteiger partial charge in [0, 0.05) is 5.39 Å². The van der Waals surface area contributed by atoms with Gasteiger partial charge in [0.05, 0.1) is 0 Å². The zero-order valence-electron chi connectivity index (χ0n) is 11.7. The van der Waals surface area contributed by atoms with Gasteiger partial charge >= 0.3 is 0 Å².